The van der Waals surface area contributed by atoms with E-state index in [4.69, 9.17) is 0 Å². The molecule has 2 aliphatic rings. The Balaban J connectivity index is 0.00000174. The first-order valence-electron chi connectivity index (χ1n) is 17.2. The maximum absolute atomic E-state index is 4.13. The predicted octanol–water partition coefficient (Wildman–Crippen LogP) is 6.05. The molecule has 0 spiro atoms. The fourth-order valence-corrected chi connectivity index (χ4v) is 11.9. The molecule has 0 aliphatic heterocycles. The smallest absolute Gasteiger partial charge is 1.00 e. The molecule has 0 amide bonds. The number of allylic oxidation sites excluding steroid dienone is 8. The first kappa shape index (κ1) is 39.2. The average Bonchev–Trinajstić information content (AvgIpc) is 3.79. The van der Waals surface area contributed by atoms with Crippen molar-refractivity contribution in [3.05, 3.63) is 238 Å². The van der Waals surface area contributed by atoms with Gasteiger partial charge in [-0.3, -0.25) is 0 Å². The summed E-state index contributed by atoms with van der Waals surface area (Å²) in [6.45, 7) is 5.17. The van der Waals surface area contributed by atoms with Gasteiger partial charge in [-0.05, 0) is 11.8 Å². The topological polar surface area (TPSA) is 0 Å². The maximum Gasteiger partial charge on any atom is 4.00 e. The zero-order valence-electron chi connectivity index (χ0n) is 29.2. The van der Waals surface area contributed by atoms with Crippen molar-refractivity contribution in [2.24, 2.45) is 0 Å². The number of benzene rings is 6. The molecule has 0 heterocycles. The Hall–Kier alpha value is -4.04. The van der Waals surface area contributed by atoms with E-state index in [-0.39, 0.29) is 62.9 Å². The van der Waals surface area contributed by atoms with Crippen LogP contribution in [0.3, 0.4) is 0 Å². The van der Waals surface area contributed by atoms with Gasteiger partial charge in [0.05, 0.1) is 8.07 Å². The molecule has 8 rings (SSSR count). The molecular weight excluding hydrogens is 767 g/mol. The predicted molar refractivity (Wildman–Crippen MR) is 209 cm³/mol. The van der Waals surface area contributed by atoms with Crippen LogP contribution in [0, 0.1) is 12.2 Å². The summed E-state index contributed by atoms with van der Waals surface area (Å²) < 4.78 is 0. The minimum Gasteiger partial charge on any atom is -1.00 e. The summed E-state index contributed by atoms with van der Waals surface area (Å²) in [6, 6.07) is 65.9. The Kier molecular flexibility index (Phi) is 13.0. The van der Waals surface area contributed by atoms with Crippen molar-refractivity contribution < 1.29 is 51.0 Å². The molecule has 52 heavy (non-hydrogen) atoms. The molecule has 4 heteroatoms. The SMILES string of the molecule is C[Si](C)(C1=C(c2ccccc2)C(c2ccccc2)=[C-]C1c1ccccc1)C1=C(c2ccccc2)C(c2ccccc2)=[C-]C1c1ccccc1.[Cl-].[Cl-].[Zr+4]. The third kappa shape index (κ3) is 7.41. The summed E-state index contributed by atoms with van der Waals surface area (Å²) >= 11 is 0. The molecule has 0 saturated carbocycles. The molecule has 2 unspecified atom stereocenters. The minimum atomic E-state index is -2.58. The molecule has 6 aromatic rings. The molecule has 0 radical (unpaired) electrons. The van der Waals surface area contributed by atoms with Crippen LogP contribution in [0.4, 0.5) is 0 Å². The van der Waals surface area contributed by atoms with Crippen LogP contribution in [0.25, 0.3) is 22.3 Å². The van der Waals surface area contributed by atoms with E-state index in [0.29, 0.717) is 0 Å². The molecular formula is C48H38Cl2SiZr. The van der Waals surface area contributed by atoms with E-state index >= 15 is 0 Å². The summed E-state index contributed by atoms with van der Waals surface area (Å²) in [5, 5.41) is 3.01. The van der Waals surface area contributed by atoms with E-state index < -0.39 is 8.07 Å². The van der Waals surface area contributed by atoms with Crippen LogP contribution in [0.2, 0.25) is 13.1 Å². The second-order valence-corrected chi connectivity index (χ2v) is 17.7. The number of hydrogen-bond donors (Lipinski definition) is 0. The third-order valence-corrected chi connectivity index (χ3v) is 13.8. The van der Waals surface area contributed by atoms with Gasteiger partial charge in [0.1, 0.15) is 0 Å². The molecule has 0 saturated heterocycles. The van der Waals surface area contributed by atoms with Crippen LogP contribution < -0.4 is 24.8 Å². The van der Waals surface area contributed by atoms with Crippen LogP contribution in [-0.2, 0) is 26.2 Å². The summed E-state index contributed by atoms with van der Waals surface area (Å²) in [6.07, 6.45) is 8.26. The molecule has 0 nitrogen and oxygen atoms in total. The van der Waals surface area contributed by atoms with Crippen LogP contribution in [0.1, 0.15) is 45.2 Å². The van der Waals surface area contributed by atoms with E-state index in [2.05, 4.69) is 207 Å². The Labute approximate surface area is 341 Å². The first-order chi connectivity index (χ1) is 24.1. The number of hydrogen-bond acceptors (Lipinski definition) is 0. The van der Waals surface area contributed by atoms with Crippen LogP contribution >= 0.6 is 0 Å². The van der Waals surface area contributed by atoms with Crippen LogP contribution in [-0.4, -0.2) is 8.07 Å². The first-order valence-corrected chi connectivity index (χ1v) is 20.2. The molecule has 2 aliphatic carbocycles. The molecule has 252 valence electrons. The van der Waals surface area contributed by atoms with E-state index in [1.165, 1.54) is 66.1 Å². The standard InChI is InChI=1S/C48H38Si.2ClH.Zr/c1-49(2,47-43(37-25-13-5-14-26-37)33-41(35-21-9-3-10-22-35)45(47)39-29-17-7-18-30-39)48-44(38-27-15-6-16-28-38)34-42(36-23-11-4-12-24-36)46(48)40-31-19-8-20-32-40;;;/h3-32,43-44H,1-2H3;2*1H;/q-2;;;+4/p-2. The molecule has 0 fully saturated rings. The zero-order chi connectivity index (χ0) is 33.2. The third-order valence-electron chi connectivity index (χ3n) is 10.1. The van der Waals surface area contributed by atoms with E-state index in [1.807, 2.05) is 0 Å². The van der Waals surface area contributed by atoms with Gasteiger partial charge in [0.2, 0.25) is 0 Å². The van der Waals surface area contributed by atoms with Gasteiger partial charge in [-0.15, -0.1) is 56.9 Å². The summed E-state index contributed by atoms with van der Waals surface area (Å²) in [5.74, 6) is 0.0463. The van der Waals surface area contributed by atoms with Gasteiger partial charge in [0.15, 0.2) is 0 Å². The van der Waals surface area contributed by atoms with Crippen molar-refractivity contribution in [2.75, 3.05) is 0 Å². The molecule has 2 atom stereocenters. The Morgan fingerprint density at radius 1 is 0.365 bits per heavy atom. The van der Waals surface area contributed by atoms with Crippen molar-refractivity contribution in [1.29, 1.82) is 0 Å². The van der Waals surface area contributed by atoms with Crippen molar-refractivity contribution in [3.8, 4) is 0 Å². The fraction of sp³-hybridized carbons (Fsp3) is 0.0833. The van der Waals surface area contributed by atoms with Crippen molar-refractivity contribution >= 4 is 30.4 Å². The monoisotopic (exact) mass is 802 g/mol. The van der Waals surface area contributed by atoms with Gasteiger partial charge in [-0.2, -0.15) is 23.3 Å². The largest absolute Gasteiger partial charge is 4.00 e. The maximum atomic E-state index is 4.13. The summed E-state index contributed by atoms with van der Waals surface area (Å²) in [5.41, 5.74) is 12.6. The molecule has 6 aromatic carbocycles. The fourth-order valence-electron chi connectivity index (χ4n) is 7.89. The van der Waals surface area contributed by atoms with E-state index in [0.717, 1.165) is 0 Å². The van der Waals surface area contributed by atoms with Gasteiger partial charge >= 0.3 is 26.2 Å². The van der Waals surface area contributed by atoms with Gasteiger partial charge < -0.3 is 24.8 Å². The van der Waals surface area contributed by atoms with Gasteiger partial charge in [0.25, 0.3) is 0 Å². The molecule has 0 bridgehead atoms. The Bertz CT molecular complexity index is 2050. The van der Waals surface area contributed by atoms with Crippen molar-refractivity contribution in [3.63, 3.8) is 0 Å². The molecule has 0 aromatic heterocycles. The minimum absolute atomic E-state index is 0. The summed E-state index contributed by atoms with van der Waals surface area (Å²) in [4.78, 5) is 0. The van der Waals surface area contributed by atoms with Gasteiger partial charge in [-0.25, -0.2) is 0 Å². The zero-order valence-corrected chi connectivity index (χ0v) is 34.2. The number of halogens is 2. The van der Waals surface area contributed by atoms with Crippen LogP contribution in [0.15, 0.2) is 192 Å². The van der Waals surface area contributed by atoms with Crippen molar-refractivity contribution in [2.45, 2.75) is 24.9 Å². The van der Waals surface area contributed by atoms with Gasteiger partial charge in [0, 0.05) is 0 Å². The average molecular weight is 805 g/mol. The quantitative estimate of drug-likeness (QED) is 0.130. The summed E-state index contributed by atoms with van der Waals surface area (Å²) in [7, 11) is -2.58. The Morgan fingerprint density at radius 2 is 0.615 bits per heavy atom. The van der Waals surface area contributed by atoms with Gasteiger partial charge in [-0.1, -0.05) is 193 Å². The van der Waals surface area contributed by atoms with Crippen LogP contribution in [0.5, 0.6) is 0 Å². The normalized spacial score (nSPS) is 16.7. The molecule has 0 N–H and O–H groups in total. The second-order valence-electron chi connectivity index (χ2n) is 13.4. The second kappa shape index (κ2) is 17.2. The Morgan fingerprint density at radius 3 is 0.904 bits per heavy atom. The van der Waals surface area contributed by atoms with Crippen molar-refractivity contribution in [1.82, 2.24) is 0 Å². The number of rotatable bonds is 8. The van der Waals surface area contributed by atoms with E-state index in [1.54, 1.807) is 0 Å². The van der Waals surface area contributed by atoms with E-state index in [9.17, 15) is 0 Å².